The zero-order valence-electron chi connectivity index (χ0n) is 40.3. The summed E-state index contributed by atoms with van der Waals surface area (Å²) in [5, 5.41) is 152. The van der Waals surface area contributed by atoms with Crippen LogP contribution in [0.1, 0.15) is 56.0 Å². The zero-order chi connectivity index (χ0) is 54.3. The zero-order valence-corrected chi connectivity index (χ0v) is 53.2. The fraction of sp³-hybridized carbons (Fsp3) is 0.450. The molecule has 3 aliphatic rings. The number of amides is 1. The standard InChI is InChI=1S/C22H24N2O8.C6H9N3O3.2C6H8O7.Bi.3K/c1-21(31)8-5-4-6-11(25)12(8)16(26)13-9(21)7-10-15(24(2)3)17(27)14(20(23)30)19(29)22(10,32)18(13)28;1-5-7-4-6(9(11)12)8(5)2-3-10;2*7-3(8)1-6(13,5(11)12)2-4(9)10;;;;/h4-6,9-10,15,25-26,29,31-32H,7H2,1-3H3,(H2,23,30);4,10H,2-3H2,1H3;2*13H,1-2H2,(H,7,8)(H,9,10)(H,11,12);;;;/q;;;;+3;3*+1/p-6/t9-,10-,15-,21+,22-;;;;;;;/m0......./s1. The minimum absolute atomic E-state index is 0. The number of ketones is 2. The smallest absolute Gasteiger partial charge is 0.550 e. The Balaban J connectivity index is -0.00000101. The first-order valence-electron chi connectivity index (χ1n) is 19.6. The molecular formula is C40H43BiK3N5O25. The van der Waals surface area contributed by atoms with Gasteiger partial charge in [-0.2, -0.15) is 0 Å². The van der Waals surface area contributed by atoms with E-state index in [9.17, 15) is 109 Å². The second kappa shape index (κ2) is 30.9. The molecule has 0 spiro atoms. The van der Waals surface area contributed by atoms with Gasteiger partial charge in [0.2, 0.25) is 5.78 Å². The number of aliphatic hydroxyl groups excluding tert-OH is 3. The Morgan fingerprint density at radius 1 is 0.851 bits per heavy atom. The molecule has 1 heterocycles. The van der Waals surface area contributed by atoms with Crippen molar-refractivity contribution in [1.29, 1.82) is 0 Å². The summed E-state index contributed by atoms with van der Waals surface area (Å²) in [5.74, 6) is -19.4. The molecule has 0 unspecified atom stereocenters. The number of nitrogens with two attached hydrogens (primary N) is 1. The van der Waals surface area contributed by atoms with Crippen LogP contribution in [0.5, 0.6) is 5.75 Å². The summed E-state index contributed by atoms with van der Waals surface area (Å²) in [6.07, 6.45) is -4.45. The number of aromatic hydroxyl groups is 1. The summed E-state index contributed by atoms with van der Waals surface area (Å²) >= 11 is 0. The fourth-order valence-corrected chi connectivity index (χ4v) is 7.85. The number of phenols is 1. The van der Waals surface area contributed by atoms with Gasteiger partial charge in [0.25, 0.3) is 5.91 Å². The van der Waals surface area contributed by atoms with Crippen LogP contribution < -0.4 is 191 Å². The molecule has 34 heteroatoms. The van der Waals surface area contributed by atoms with E-state index in [1.165, 1.54) is 54.9 Å². The Labute approximate surface area is 563 Å². The number of carboxylic acids is 6. The maximum atomic E-state index is 13.7. The molecule has 10 N–H and O–H groups in total. The van der Waals surface area contributed by atoms with Crippen molar-refractivity contribution in [3.05, 3.63) is 68.4 Å². The number of benzene rings is 1. The van der Waals surface area contributed by atoms with E-state index in [-0.39, 0.29) is 217 Å². The van der Waals surface area contributed by atoms with E-state index in [2.05, 4.69) is 4.98 Å². The average molecular weight is 1320 g/mol. The second-order valence-corrected chi connectivity index (χ2v) is 16.1. The third-order valence-electron chi connectivity index (χ3n) is 11.1. The molecule has 2 radical (unpaired) electrons. The minimum atomic E-state index is -2.97. The number of primary amides is 1. The molecule has 1 saturated carbocycles. The van der Waals surface area contributed by atoms with Crippen LogP contribution >= 0.6 is 0 Å². The maximum absolute atomic E-state index is 13.7. The van der Waals surface area contributed by atoms with E-state index in [1.54, 1.807) is 6.92 Å². The first-order chi connectivity index (χ1) is 32.0. The average Bonchev–Trinajstić information content (AvgIpc) is 3.57. The summed E-state index contributed by atoms with van der Waals surface area (Å²) in [7, 11) is 3.01. The van der Waals surface area contributed by atoms with Gasteiger partial charge < -0.3 is 116 Å². The van der Waals surface area contributed by atoms with E-state index < -0.39 is 153 Å². The number of likely N-dealkylation sites (N-methyl/N-ethyl adjacent to an activating group) is 1. The molecule has 3 aliphatic carbocycles. The number of aliphatic carboxylic acids is 6. The van der Waals surface area contributed by atoms with Gasteiger partial charge in [-0.1, -0.05) is 12.1 Å². The third-order valence-corrected chi connectivity index (χ3v) is 11.1. The van der Waals surface area contributed by atoms with Crippen molar-refractivity contribution in [2.45, 2.75) is 80.9 Å². The van der Waals surface area contributed by atoms with Crippen LogP contribution in [0.15, 0.2) is 41.3 Å². The largest absolute Gasteiger partial charge is 3.00 e. The van der Waals surface area contributed by atoms with Crippen LogP contribution in [0.2, 0.25) is 0 Å². The minimum Gasteiger partial charge on any atom is -0.550 e. The molecule has 0 bridgehead atoms. The van der Waals surface area contributed by atoms with Crippen molar-refractivity contribution < 1.29 is 274 Å². The maximum Gasteiger partial charge on any atom is 3.00 e. The molecule has 1 aromatic carbocycles. The molecule has 5 rings (SSSR count). The first-order valence-corrected chi connectivity index (χ1v) is 19.6. The molecule has 0 aliphatic heterocycles. The monoisotopic (exact) mass is 1320 g/mol. The number of imidazole rings is 1. The van der Waals surface area contributed by atoms with Crippen LogP contribution in [0.4, 0.5) is 5.82 Å². The predicted molar refractivity (Wildman–Crippen MR) is 215 cm³/mol. The molecule has 1 amide bonds. The number of aliphatic hydroxyl groups is 7. The number of carbonyl (C=O) groups excluding carboxylic acids is 9. The van der Waals surface area contributed by atoms with Gasteiger partial charge in [-0.05, 0) is 44.0 Å². The molecule has 74 heavy (non-hydrogen) atoms. The number of hydrogen-bond donors (Lipinski definition) is 9. The Kier molecular flexibility index (Phi) is 31.8. The van der Waals surface area contributed by atoms with E-state index in [1.807, 2.05) is 0 Å². The van der Waals surface area contributed by atoms with Gasteiger partial charge >= 0.3 is 186 Å². The number of phenolic OH excluding ortho intramolecular Hbond substituents is 1. The molecule has 2 aromatic rings. The van der Waals surface area contributed by atoms with Crippen LogP contribution in [0, 0.1) is 28.9 Å². The number of hydrogen-bond acceptors (Lipinski definition) is 27. The number of aryl methyl sites for hydroxylation is 1. The van der Waals surface area contributed by atoms with Crippen molar-refractivity contribution in [2.75, 3.05) is 20.7 Å². The van der Waals surface area contributed by atoms with Crippen LogP contribution in [-0.4, -0.2) is 183 Å². The Hall–Kier alpha value is -2.11. The van der Waals surface area contributed by atoms with Crippen LogP contribution in [0.25, 0.3) is 5.76 Å². The van der Waals surface area contributed by atoms with Gasteiger partial charge in [0.1, 0.15) is 46.8 Å². The Morgan fingerprint density at radius 3 is 1.64 bits per heavy atom. The number of aromatic nitrogens is 2. The molecule has 5 atom stereocenters. The molecular weight excluding hydrogens is 1280 g/mol. The molecule has 1 fully saturated rings. The summed E-state index contributed by atoms with van der Waals surface area (Å²) < 4.78 is 1.36. The quantitative estimate of drug-likeness (QED) is 0.0346. The summed E-state index contributed by atoms with van der Waals surface area (Å²) in [6, 6.07) is 3.02. The molecule has 30 nitrogen and oxygen atoms in total. The first kappa shape index (κ1) is 76.1. The summed E-state index contributed by atoms with van der Waals surface area (Å²) in [6.45, 7) is 3.14. The van der Waals surface area contributed by atoms with Crippen molar-refractivity contribution in [2.24, 2.45) is 17.6 Å². The van der Waals surface area contributed by atoms with Crippen LogP contribution in [0.3, 0.4) is 0 Å². The third kappa shape index (κ3) is 17.4. The van der Waals surface area contributed by atoms with Crippen molar-refractivity contribution >= 4 is 91.1 Å². The van der Waals surface area contributed by atoms with E-state index in [4.69, 9.17) is 21.1 Å². The number of carboxylic acid groups (broad SMARTS) is 6. The fourth-order valence-electron chi connectivity index (χ4n) is 7.85. The van der Waals surface area contributed by atoms with E-state index in [0.29, 0.717) is 5.82 Å². The number of carbonyl (C=O) groups is 9. The topological polar surface area (TPSA) is 544 Å². The van der Waals surface area contributed by atoms with Crippen molar-refractivity contribution in [1.82, 2.24) is 14.5 Å². The van der Waals surface area contributed by atoms with E-state index >= 15 is 0 Å². The van der Waals surface area contributed by atoms with Gasteiger partial charge in [0.15, 0.2) is 17.2 Å². The van der Waals surface area contributed by atoms with Crippen molar-refractivity contribution in [3.63, 3.8) is 0 Å². The number of rotatable bonds is 15. The molecule has 0 saturated heterocycles. The van der Waals surface area contributed by atoms with Gasteiger partial charge in [0, 0.05) is 73.9 Å². The number of nitrogens with zero attached hydrogens (tertiary/aromatic N) is 4. The predicted octanol–water partition coefficient (Wildman–Crippen LogP) is -20.2. The van der Waals surface area contributed by atoms with Crippen molar-refractivity contribution in [3.8, 4) is 5.75 Å². The molecule has 386 valence electrons. The van der Waals surface area contributed by atoms with Gasteiger partial charge in [-0.15, -0.1) is 0 Å². The Morgan fingerprint density at radius 2 is 1.28 bits per heavy atom. The number of nitro groups is 1. The van der Waals surface area contributed by atoms with Gasteiger partial charge in [-0.3, -0.25) is 19.3 Å². The van der Waals surface area contributed by atoms with E-state index in [0.717, 1.165) is 0 Å². The normalized spacial score (nSPS) is 20.3. The number of fused-ring (bicyclic) bond motifs is 3. The summed E-state index contributed by atoms with van der Waals surface area (Å²) in [5.41, 5.74) is -6.50. The molecule has 1 aromatic heterocycles. The van der Waals surface area contributed by atoms with Gasteiger partial charge in [-0.25, -0.2) is 9.55 Å². The summed E-state index contributed by atoms with van der Waals surface area (Å²) in [4.78, 5) is 114. The SMILES string of the molecule is CN(C)[C@@H]1C(=O)C(C(N)=O)=C(O)[C@@]2(O)C(=O)C3=C(O)c4c(O)cccc4[C@@](C)(O)[C@H]3C[C@@H]12.Cc1ncc([N+](=O)[O-])n1CCO.O=C([O-])CC(O)(CC(=O)[O-])C(=O)[O-].O=C([O-])CC(O)(CC(=O)[O-])C(=O)[O-].[Bi+3].[K+].[K+].[K+]. The second-order valence-electron chi connectivity index (χ2n) is 16.1. The van der Waals surface area contributed by atoms with Gasteiger partial charge in [0.05, 0.1) is 35.8 Å². The number of Topliss-reactive ketones (excluding diaryl/α,β-unsaturated/α-hetero) is 2. The Bertz CT molecular complexity index is 2480. The van der Waals surface area contributed by atoms with Crippen LogP contribution in [-0.2, 0) is 55.3 Å².